The number of nitrogens with zero attached hydrogens (tertiary/aromatic N) is 1. The van der Waals surface area contributed by atoms with Gasteiger partial charge in [0, 0.05) is 18.1 Å². The smallest absolute Gasteiger partial charge is 0.248 e. The molecule has 16 heavy (non-hydrogen) atoms. The largest absolute Gasteiger partial charge is 0.356 e. The van der Waals surface area contributed by atoms with Gasteiger partial charge < -0.3 is 10.2 Å². The topological polar surface area (TPSA) is 32.3 Å². The molecule has 2 aliphatic heterocycles. The molecule has 3 nitrogen and oxygen atoms in total. The zero-order valence-electron chi connectivity index (χ0n) is 8.57. The van der Waals surface area contributed by atoms with Crippen molar-refractivity contribution in [3.8, 4) is 0 Å². The van der Waals surface area contributed by atoms with Crippen LogP contribution in [0.5, 0.6) is 0 Å². The maximum absolute atomic E-state index is 13.6. The second-order valence-corrected chi connectivity index (χ2v) is 5.06. The number of hydrogen-bond donors (Lipinski definition) is 1. The molecule has 1 atom stereocenters. The third-order valence-corrected chi connectivity index (χ3v) is 4.00. The number of halogens is 1. The van der Waals surface area contributed by atoms with Crippen LogP contribution < -0.4 is 10.2 Å². The second-order valence-electron chi connectivity index (χ2n) is 3.91. The highest BCUT2D eigenvalue weighted by molar-refractivity contribution is 7.99. The lowest BCUT2D eigenvalue weighted by atomic mass is 10.1. The van der Waals surface area contributed by atoms with Crippen LogP contribution in [-0.2, 0) is 4.79 Å². The molecule has 1 amide bonds. The number of para-hydroxylation sites is 1. The van der Waals surface area contributed by atoms with Crippen molar-refractivity contribution in [1.29, 1.82) is 0 Å². The number of amides is 1. The molecule has 5 heteroatoms. The minimum absolute atomic E-state index is 0.0928. The van der Waals surface area contributed by atoms with E-state index in [9.17, 15) is 9.18 Å². The summed E-state index contributed by atoms with van der Waals surface area (Å²) in [4.78, 5) is 13.8. The van der Waals surface area contributed by atoms with Crippen molar-refractivity contribution in [1.82, 2.24) is 0 Å². The normalized spacial score (nSPS) is 23.4. The number of benzene rings is 1. The molecule has 0 spiro atoms. The molecule has 84 valence electrons. The Hall–Kier alpha value is -1.23. The molecule has 1 saturated heterocycles. The Morgan fingerprint density at radius 3 is 3.25 bits per heavy atom. The van der Waals surface area contributed by atoms with Crippen molar-refractivity contribution in [2.45, 2.75) is 6.04 Å². The van der Waals surface area contributed by atoms with Gasteiger partial charge in [-0.15, -0.1) is 0 Å². The van der Waals surface area contributed by atoms with Crippen LogP contribution in [0, 0.1) is 5.82 Å². The minimum Gasteiger partial charge on any atom is -0.356 e. The van der Waals surface area contributed by atoms with Crippen LogP contribution in [0.2, 0.25) is 0 Å². The standard InChI is InChI=1S/C11H11FN2OS/c12-7-2-1-3-8-10(7)13-11(15)9-6-16-5-4-14(8)9/h1-3,9H,4-6H2,(H,13,15). The fourth-order valence-electron chi connectivity index (χ4n) is 2.19. The van der Waals surface area contributed by atoms with Crippen LogP contribution >= 0.6 is 11.8 Å². The van der Waals surface area contributed by atoms with Gasteiger partial charge in [0.05, 0.1) is 5.69 Å². The Balaban J connectivity index is 2.10. The molecule has 0 aromatic heterocycles. The van der Waals surface area contributed by atoms with Gasteiger partial charge in [-0.05, 0) is 12.1 Å². The highest BCUT2D eigenvalue weighted by atomic mass is 32.2. The molecule has 0 aliphatic carbocycles. The number of carbonyl (C=O) groups is 1. The number of hydrogen-bond acceptors (Lipinski definition) is 3. The molecule has 1 aromatic carbocycles. The molecular weight excluding hydrogens is 227 g/mol. The van der Waals surface area contributed by atoms with E-state index in [1.165, 1.54) is 6.07 Å². The van der Waals surface area contributed by atoms with E-state index >= 15 is 0 Å². The number of carbonyl (C=O) groups excluding carboxylic acids is 1. The first kappa shape index (κ1) is 9.96. The first-order chi connectivity index (χ1) is 7.77. The molecule has 0 saturated carbocycles. The van der Waals surface area contributed by atoms with Crippen LogP contribution in [0.15, 0.2) is 18.2 Å². The van der Waals surface area contributed by atoms with E-state index < -0.39 is 0 Å². The molecular formula is C11H11FN2OS. The fourth-order valence-corrected chi connectivity index (χ4v) is 3.24. The Morgan fingerprint density at radius 1 is 1.50 bits per heavy atom. The van der Waals surface area contributed by atoms with Crippen molar-refractivity contribution in [2.24, 2.45) is 0 Å². The maximum atomic E-state index is 13.6. The summed E-state index contributed by atoms with van der Waals surface area (Å²) >= 11 is 1.77. The van der Waals surface area contributed by atoms with Gasteiger partial charge in [0.2, 0.25) is 5.91 Å². The summed E-state index contributed by atoms with van der Waals surface area (Å²) in [5.74, 6) is 1.31. The SMILES string of the molecule is O=C1Nc2c(F)cccc2N2CCSCC12. The van der Waals surface area contributed by atoms with E-state index in [2.05, 4.69) is 5.32 Å². The third kappa shape index (κ3) is 1.38. The monoisotopic (exact) mass is 238 g/mol. The van der Waals surface area contributed by atoms with Gasteiger partial charge in [-0.1, -0.05) is 6.07 Å². The predicted octanol–water partition coefficient (Wildman–Crippen LogP) is 1.70. The van der Waals surface area contributed by atoms with Gasteiger partial charge in [-0.2, -0.15) is 11.8 Å². The maximum Gasteiger partial charge on any atom is 0.248 e. The number of nitrogens with one attached hydrogen (secondary N) is 1. The van der Waals surface area contributed by atoms with E-state index in [0.717, 1.165) is 23.7 Å². The Morgan fingerprint density at radius 2 is 2.38 bits per heavy atom. The summed E-state index contributed by atoms with van der Waals surface area (Å²) in [5.41, 5.74) is 1.14. The van der Waals surface area contributed by atoms with Gasteiger partial charge in [-0.25, -0.2) is 4.39 Å². The first-order valence-electron chi connectivity index (χ1n) is 5.21. The molecule has 0 bridgehead atoms. The predicted molar refractivity (Wildman–Crippen MR) is 63.5 cm³/mol. The summed E-state index contributed by atoms with van der Waals surface area (Å²) in [7, 11) is 0. The fraction of sp³-hybridized carbons (Fsp3) is 0.364. The highest BCUT2D eigenvalue weighted by Crippen LogP contribution is 2.36. The zero-order valence-corrected chi connectivity index (χ0v) is 9.39. The van der Waals surface area contributed by atoms with Crippen LogP contribution in [0.25, 0.3) is 0 Å². The molecule has 2 aliphatic rings. The van der Waals surface area contributed by atoms with Gasteiger partial charge >= 0.3 is 0 Å². The lowest BCUT2D eigenvalue weighted by Gasteiger charge is -2.40. The van der Waals surface area contributed by atoms with Crippen LogP contribution in [-0.4, -0.2) is 30.0 Å². The summed E-state index contributed by atoms with van der Waals surface area (Å²) in [6, 6.07) is 4.77. The number of anilines is 2. The van der Waals surface area contributed by atoms with Crippen LogP contribution in [0.1, 0.15) is 0 Å². The number of rotatable bonds is 0. The first-order valence-corrected chi connectivity index (χ1v) is 6.36. The van der Waals surface area contributed by atoms with E-state index in [1.54, 1.807) is 17.8 Å². The van der Waals surface area contributed by atoms with Gasteiger partial charge in [0.15, 0.2) is 0 Å². The van der Waals surface area contributed by atoms with Crippen LogP contribution in [0.4, 0.5) is 15.8 Å². The number of thioether (sulfide) groups is 1. The molecule has 0 radical (unpaired) electrons. The average molecular weight is 238 g/mol. The Kier molecular flexibility index (Phi) is 2.28. The van der Waals surface area contributed by atoms with E-state index in [-0.39, 0.29) is 17.8 Å². The average Bonchev–Trinajstić information content (AvgIpc) is 2.31. The van der Waals surface area contributed by atoms with Crippen LogP contribution in [0.3, 0.4) is 0 Å². The van der Waals surface area contributed by atoms with Crippen molar-refractivity contribution >= 4 is 29.0 Å². The molecule has 2 heterocycles. The lowest BCUT2D eigenvalue weighted by molar-refractivity contribution is -0.117. The van der Waals surface area contributed by atoms with Gasteiger partial charge in [0.25, 0.3) is 0 Å². The van der Waals surface area contributed by atoms with E-state index in [1.807, 2.05) is 11.0 Å². The summed E-state index contributed by atoms with van der Waals surface area (Å²) in [6.45, 7) is 0.805. The summed E-state index contributed by atoms with van der Waals surface area (Å²) in [5, 5.41) is 2.66. The lowest BCUT2D eigenvalue weighted by Crippen LogP contribution is -2.53. The molecule has 1 N–H and O–H groups in total. The minimum atomic E-state index is -0.359. The third-order valence-electron chi connectivity index (χ3n) is 2.98. The van der Waals surface area contributed by atoms with Crippen molar-refractivity contribution in [3.63, 3.8) is 0 Å². The highest BCUT2D eigenvalue weighted by Gasteiger charge is 2.35. The summed E-state index contributed by atoms with van der Waals surface area (Å²) in [6.07, 6.45) is 0. The van der Waals surface area contributed by atoms with Gasteiger partial charge in [-0.3, -0.25) is 4.79 Å². The van der Waals surface area contributed by atoms with Crippen molar-refractivity contribution in [3.05, 3.63) is 24.0 Å². The molecule has 3 rings (SSSR count). The number of fused-ring (bicyclic) bond motifs is 3. The Bertz CT molecular complexity index is 452. The molecule has 1 aromatic rings. The van der Waals surface area contributed by atoms with E-state index in [4.69, 9.17) is 0 Å². The van der Waals surface area contributed by atoms with E-state index in [0.29, 0.717) is 5.69 Å². The molecule has 1 unspecified atom stereocenters. The molecule has 1 fully saturated rings. The Labute approximate surface area is 97.0 Å². The van der Waals surface area contributed by atoms with Gasteiger partial charge in [0.1, 0.15) is 17.5 Å². The van der Waals surface area contributed by atoms with Crippen molar-refractivity contribution < 1.29 is 9.18 Å². The summed E-state index contributed by atoms with van der Waals surface area (Å²) < 4.78 is 13.6. The zero-order chi connectivity index (χ0) is 11.1. The quantitative estimate of drug-likeness (QED) is 0.746. The second kappa shape index (κ2) is 3.66. The van der Waals surface area contributed by atoms with Crippen molar-refractivity contribution in [2.75, 3.05) is 28.3 Å².